The van der Waals surface area contributed by atoms with Crippen molar-refractivity contribution in [2.75, 3.05) is 0 Å². The van der Waals surface area contributed by atoms with Crippen LogP contribution in [0.2, 0.25) is 0 Å². The van der Waals surface area contributed by atoms with Gasteiger partial charge in [0.2, 0.25) is 0 Å². The number of nitrogens with zero attached hydrogens (tertiary/aromatic N) is 1. The van der Waals surface area contributed by atoms with Crippen molar-refractivity contribution in [2.24, 2.45) is 5.73 Å². The normalized spacial score (nSPS) is 12.6. The Balaban J connectivity index is 2.08. The molecule has 0 amide bonds. The number of carboxylic acid groups (broad SMARTS) is 1. The van der Waals surface area contributed by atoms with Crippen molar-refractivity contribution < 1.29 is 9.90 Å². The van der Waals surface area contributed by atoms with Gasteiger partial charge in [-0.3, -0.25) is 4.79 Å². The number of nitrogens with two attached hydrogens (primary N) is 1. The van der Waals surface area contributed by atoms with Crippen LogP contribution in [-0.4, -0.2) is 21.7 Å². The summed E-state index contributed by atoms with van der Waals surface area (Å²) >= 11 is 0. The number of rotatable bonds is 6. The molecular weight excluding hydrogens is 180 g/mol. The van der Waals surface area contributed by atoms with Gasteiger partial charge in [0.05, 0.1) is 0 Å². The maximum atomic E-state index is 10.4. The molecule has 0 fully saturated rings. The maximum absolute atomic E-state index is 10.4. The van der Waals surface area contributed by atoms with Crippen molar-refractivity contribution >= 4 is 5.97 Å². The van der Waals surface area contributed by atoms with Gasteiger partial charge in [-0.2, -0.15) is 0 Å². The standard InChI is InChI=1S/C10H16N2O2/c11-9(10(13)14)5-1-2-6-12-7-3-4-8-12/h3-4,7-9H,1-2,5-6,11H2,(H,13,14)/t9-/m0/s1. The number of aliphatic carboxylic acids is 1. The quantitative estimate of drug-likeness (QED) is 0.669. The van der Waals surface area contributed by atoms with Gasteiger partial charge in [0.1, 0.15) is 6.04 Å². The van der Waals surface area contributed by atoms with Crippen LogP contribution in [0.3, 0.4) is 0 Å². The van der Waals surface area contributed by atoms with Crippen LogP contribution in [-0.2, 0) is 11.3 Å². The summed E-state index contributed by atoms with van der Waals surface area (Å²) in [5.41, 5.74) is 5.37. The highest BCUT2D eigenvalue weighted by Crippen LogP contribution is 2.02. The minimum absolute atomic E-state index is 0.552. The first-order valence-electron chi connectivity index (χ1n) is 4.79. The van der Waals surface area contributed by atoms with Crippen molar-refractivity contribution in [2.45, 2.75) is 31.8 Å². The zero-order valence-corrected chi connectivity index (χ0v) is 8.10. The average molecular weight is 196 g/mol. The van der Waals surface area contributed by atoms with Crippen LogP contribution in [0.4, 0.5) is 0 Å². The van der Waals surface area contributed by atoms with Gasteiger partial charge >= 0.3 is 5.97 Å². The number of carbonyl (C=O) groups is 1. The summed E-state index contributed by atoms with van der Waals surface area (Å²) < 4.78 is 2.08. The molecule has 0 aromatic carbocycles. The molecule has 0 radical (unpaired) electrons. The summed E-state index contributed by atoms with van der Waals surface area (Å²) in [7, 11) is 0. The van der Waals surface area contributed by atoms with E-state index in [1.807, 2.05) is 24.5 Å². The van der Waals surface area contributed by atoms with Crippen molar-refractivity contribution in [3.63, 3.8) is 0 Å². The molecule has 0 spiro atoms. The average Bonchev–Trinajstić information content (AvgIpc) is 2.64. The molecule has 78 valence electrons. The van der Waals surface area contributed by atoms with E-state index in [1.165, 1.54) is 0 Å². The summed E-state index contributed by atoms with van der Waals surface area (Å²) in [5, 5.41) is 8.54. The Morgan fingerprint density at radius 3 is 2.57 bits per heavy atom. The first-order chi connectivity index (χ1) is 6.70. The zero-order chi connectivity index (χ0) is 10.4. The van der Waals surface area contributed by atoms with Gasteiger partial charge in [0.25, 0.3) is 0 Å². The minimum Gasteiger partial charge on any atom is -0.480 e. The Hall–Kier alpha value is -1.29. The molecule has 14 heavy (non-hydrogen) atoms. The molecule has 0 bridgehead atoms. The molecule has 0 aliphatic carbocycles. The molecule has 0 saturated heterocycles. The molecular formula is C10H16N2O2. The van der Waals surface area contributed by atoms with Crippen LogP contribution in [0.1, 0.15) is 19.3 Å². The molecule has 3 N–H and O–H groups in total. The zero-order valence-electron chi connectivity index (χ0n) is 8.10. The van der Waals surface area contributed by atoms with Crippen LogP contribution in [0.25, 0.3) is 0 Å². The first-order valence-corrected chi connectivity index (χ1v) is 4.79. The van der Waals surface area contributed by atoms with Gasteiger partial charge in [0.15, 0.2) is 0 Å². The fourth-order valence-corrected chi connectivity index (χ4v) is 1.30. The monoisotopic (exact) mass is 196 g/mol. The van der Waals surface area contributed by atoms with Crippen molar-refractivity contribution in [1.82, 2.24) is 4.57 Å². The molecule has 1 aromatic heterocycles. The molecule has 1 heterocycles. The molecule has 0 aliphatic rings. The molecule has 4 heteroatoms. The molecule has 0 saturated carbocycles. The van der Waals surface area contributed by atoms with E-state index < -0.39 is 12.0 Å². The van der Waals surface area contributed by atoms with Crippen LogP contribution in [0.15, 0.2) is 24.5 Å². The second kappa shape index (κ2) is 5.44. The van der Waals surface area contributed by atoms with Gasteiger partial charge in [-0.25, -0.2) is 0 Å². The Morgan fingerprint density at radius 2 is 2.00 bits per heavy atom. The van der Waals surface area contributed by atoms with Gasteiger partial charge < -0.3 is 15.4 Å². The van der Waals surface area contributed by atoms with E-state index in [1.54, 1.807) is 0 Å². The lowest BCUT2D eigenvalue weighted by molar-refractivity contribution is -0.138. The van der Waals surface area contributed by atoms with Crippen molar-refractivity contribution in [3.05, 3.63) is 24.5 Å². The lowest BCUT2D eigenvalue weighted by atomic mass is 10.1. The summed E-state index contributed by atoms with van der Waals surface area (Å²) in [6, 6.07) is 3.24. The fraction of sp³-hybridized carbons (Fsp3) is 0.500. The van der Waals surface area contributed by atoms with Crippen LogP contribution < -0.4 is 5.73 Å². The van der Waals surface area contributed by atoms with E-state index in [2.05, 4.69) is 4.57 Å². The SMILES string of the molecule is N[C@@H](CCCCn1cccc1)C(=O)O. The van der Waals surface area contributed by atoms with Gasteiger partial charge in [0, 0.05) is 18.9 Å². The topological polar surface area (TPSA) is 68.2 Å². The van der Waals surface area contributed by atoms with E-state index in [0.717, 1.165) is 19.4 Å². The summed E-state index contributed by atoms with van der Waals surface area (Å²) in [5.74, 6) is -0.911. The number of unbranched alkanes of at least 4 members (excludes halogenated alkanes) is 1. The Kier molecular flexibility index (Phi) is 4.19. The molecule has 4 nitrogen and oxygen atoms in total. The number of hydrogen-bond acceptors (Lipinski definition) is 2. The van der Waals surface area contributed by atoms with E-state index >= 15 is 0 Å². The van der Waals surface area contributed by atoms with Gasteiger partial charge in [-0.05, 0) is 31.4 Å². The second-order valence-corrected chi connectivity index (χ2v) is 3.36. The number of carboxylic acids is 1. The second-order valence-electron chi connectivity index (χ2n) is 3.36. The summed E-state index contributed by atoms with van der Waals surface area (Å²) in [6.07, 6.45) is 6.37. The lowest BCUT2D eigenvalue weighted by Gasteiger charge is -2.06. The Morgan fingerprint density at radius 1 is 1.36 bits per heavy atom. The third-order valence-corrected chi connectivity index (χ3v) is 2.16. The Bertz CT molecular complexity index is 270. The smallest absolute Gasteiger partial charge is 0.320 e. The highest BCUT2D eigenvalue weighted by Gasteiger charge is 2.09. The predicted molar refractivity (Wildman–Crippen MR) is 53.9 cm³/mol. The van der Waals surface area contributed by atoms with E-state index in [4.69, 9.17) is 10.8 Å². The third kappa shape index (κ3) is 3.62. The molecule has 1 aromatic rings. The van der Waals surface area contributed by atoms with Gasteiger partial charge in [-0.1, -0.05) is 0 Å². The van der Waals surface area contributed by atoms with Crippen molar-refractivity contribution in [3.8, 4) is 0 Å². The van der Waals surface area contributed by atoms with Crippen LogP contribution >= 0.6 is 0 Å². The summed E-state index contributed by atoms with van der Waals surface area (Å²) in [4.78, 5) is 10.4. The summed E-state index contributed by atoms with van der Waals surface area (Å²) in [6.45, 7) is 0.930. The minimum atomic E-state index is -0.911. The highest BCUT2D eigenvalue weighted by atomic mass is 16.4. The van der Waals surface area contributed by atoms with Crippen LogP contribution in [0.5, 0.6) is 0 Å². The highest BCUT2D eigenvalue weighted by molar-refractivity contribution is 5.72. The lowest BCUT2D eigenvalue weighted by Crippen LogP contribution is -2.29. The van der Waals surface area contributed by atoms with E-state index in [9.17, 15) is 4.79 Å². The maximum Gasteiger partial charge on any atom is 0.320 e. The largest absolute Gasteiger partial charge is 0.480 e. The van der Waals surface area contributed by atoms with Gasteiger partial charge in [-0.15, -0.1) is 0 Å². The van der Waals surface area contributed by atoms with E-state index in [-0.39, 0.29) is 0 Å². The van der Waals surface area contributed by atoms with Crippen LogP contribution in [0, 0.1) is 0 Å². The number of aryl methyl sites for hydroxylation is 1. The fourth-order valence-electron chi connectivity index (χ4n) is 1.30. The first kappa shape index (κ1) is 10.8. The third-order valence-electron chi connectivity index (χ3n) is 2.16. The molecule has 1 rings (SSSR count). The number of aromatic nitrogens is 1. The predicted octanol–water partition coefficient (Wildman–Crippen LogP) is 1.07. The Labute approximate surface area is 83.3 Å². The van der Waals surface area contributed by atoms with Crippen molar-refractivity contribution in [1.29, 1.82) is 0 Å². The van der Waals surface area contributed by atoms with E-state index in [0.29, 0.717) is 6.42 Å². The molecule has 0 aliphatic heterocycles. The number of hydrogen-bond donors (Lipinski definition) is 2. The molecule has 1 atom stereocenters. The molecule has 0 unspecified atom stereocenters.